The molecule has 1 saturated carbocycles. The molecule has 3 heteroatoms. The molecule has 0 aliphatic heterocycles. The first-order valence-electron chi connectivity index (χ1n) is 2.10. The highest BCUT2D eigenvalue weighted by Gasteiger charge is 2.13. The van der Waals surface area contributed by atoms with Gasteiger partial charge in [-0.05, 0) is 12.8 Å². The van der Waals surface area contributed by atoms with Gasteiger partial charge in [0, 0.05) is 13.2 Å². The molecule has 0 radical (unpaired) electrons. The zero-order valence-corrected chi connectivity index (χ0v) is 5.24. The Hall–Kier alpha value is 0.210. The molecule has 0 bridgehead atoms. The molecule has 0 amide bonds. The lowest BCUT2D eigenvalue weighted by Gasteiger charge is -1.58. The Balaban J connectivity index is 0. The highest BCUT2D eigenvalue weighted by atomic mass is 35.5. The summed E-state index contributed by atoms with van der Waals surface area (Å²) in [6.07, 6.45) is 2.53. The monoisotopic (exact) mass is 125 g/mol. The molecule has 7 heavy (non-hydrogen) atoms. The standard InChI is InChI=1S/C3H7N.CH4O.ClH/c4-3-1-2-3;1-2;/h3H,1-2,4H2;2H,1H3;1H. The van der Waals surface area contributed by atoms with E-state index in [1.807, 2.05) is 0 Å². The summed E-state index contributed by atoms with van der Waals surface area (Å²) in [5.74, 6) is 0. The molecular weight excluding hydrogens is 114 g/mol. The smallest absolute Gasteiger partial charge is 0.0319 e. The van der Waals surface area contributed by atoms with Gasteiger partial charge in [-0.3, -0.25) is 0 Å². The average Bonchev–Trinajstić information content (AvgIpc) is 2.30. The second-order valence-corrected chi connectivity index (χ2v) is 1.34. The van der Waals surface area contributed by atoms with Crippen LogP contribution in [-0.2, 0) is 0 Å². The number of hydrogen-bond acceptors (Lipinski definition) is 2. The Bertz CT molecular complexity index is 30.9. The Labute approximate surface area is 50.1 Å². The largest absolute Gasteiger partial charge is 0.400 e. The van der Waals surface area contributed by atoms with Gasteiger partial charge in [0.05, 0.1) is 0 Å². The molecule has 3 N–H and O–H groups in total. The lowest BCUT2D eigenvalue weighted by Crippen LogP contribution is -1.94. The Morgan fingerprint density at radius 3 is 1.57 bits per heavy atom. The van der Waals surface area contributed by atoms with Gasteiger partial charge in [0.25, 0.3) is 0 Å². The van der Waals surface area contributed by atoms with Crippen LogP contribution < -0.4 is 5.73 Å². The van der Waals surface area contributed by atoms with Crippen LogP contribution in [0, 0.1) is 0 Å². The van der Waals surface area contributed by atoms with E-state index in [4.69, 9.17) is 10.8 Å². The van der Waals surface area contributed by atoms with Crippen molar-refractivity contribution in [2.24, 2.45) is 5.73 Å². The van der Waals surface area contributed by atoms with Crippen molar-refractivity contribution in [3.63, 3.8) is 0 Å². The van der Waals surface area contributed by atoms with Crippen molar-refractivity contribution in [3.8, 4) is 0 Å². The van der Waals surface area contributed by atoms with Crippen LogP contribution in [0.15, 0.2) is 0 Å². The lowest BCUT2D eigenvalue weighted by atomic mass is 10.8. The number of aliphatic hydroxyl groups is 1. The zero-order valence-electron chi connectivity index (χ0n) is 4.42. The number of hydrogen-bond donors (Lipinski definition) is 2. The van der Waals surface area contributed by atoms with E-state index in [0.717, 1.165) is 7.11 Å². The zero-order chi connectivity index (χ0) is 4.99. The fourth-order valence-electron chi connectivity index (χ4n) is 0.0962. The van der Waals surface area contributed by atoms with Crippen molar-refractivity contribution in [2.75, 3.05) is 7.11 Å². The van der Waals surface area contributed by atoms with Crippen molar-refractivity contribution < 1.29 is 5.11 Å². The van der Waals surface area contributed by atoms with Gasteiger partial charge in [-0.25, -0.2) is 0 Å². The predicted octanol–water partition coefficient (Wildman–Crippen LogP) is 0.138. The number of halogens is 1. The van der Waals surface area contributed by atoms with E-state index in [0.29, 0.717) is 6.04 Å². The minimum Gasteiger partial charge on any atom is -0.400 e. The van der Waals surface area contributed by atoms with Crippen molar-refractivity contribution in [2.45, 2.75) is 18.9 Å². The molecule has 0 spiro atoms. The van der Waals surface area contributed by atoms with Crippen LogP contribution >= 0.6 is 12.4 Å². The van der Waals surface area contributed by atoms with Gasteiger partial charge in [-0.15, -0.1) is 12.4 Å². The first-order valence-corrected chi connectivity index (χ1v) is 2.10. The molecule has 0 aromatic heterocycles. The van der Waals surface area contributed by atoms with Gasteiger partial charge in [0.1, 0.15) is 0 Å². The summed E-state index contributed by atoms with van der Waals surface area (Å²) in [5.41, 5.74) is 5.22. The van der Waals surface area contributed by atoms with Crippen LogP contribution in [0.2, 0.25) is 0 Å². The maximum absolute atomic E-state index is 7.00. The van der Waals surface area contributed by atoms with Gasteiger partial charge in [-0.1, -0.05) is 0 Å². The third-order valence-electron chi connectivity index (χ3n) is 0.622. The van der Waals surface area contributed by atoms with Gasteiger partial charge in [0.15, 0.2) is 0 Å². The van der Waals surface area contributed by atoms with E-state index >= 15 is 0 Å². The fraction of sp³-hybridized carbons (Fsp3) is 1.00. The van der Waals surface area contributed by atoms with Crippen LogP contribution in [0.1, 0.15) is 12.8 Å². The molecule has 1 aliphatic carbocycles. The second-order valence-electron chi connectivity index (χ2n) is 1.34. The van der Waals surface area contributed by atoms with Crippen LogP contribution in [0.4, 0.5) is 0 Å². The van der Waals surface area contributed by atoms with E-state index in [1.165, 1.54) is 12.8 Å². The number of rotatable bonds is 0. The quantitative estimate of drug-likeness (QED) is 0.484. The first kappa shape index (κ1) is 10.2. The summed E-state index contributed by atoms with van der Waals surface area (Å²) in [7, 11) is 1.00. The third kappa shape index (κ3) is 10.7. The molecule has 1 aliphatic rings. The molecular formula is C4H12ClNO. The van der Waals surface area contributed by atoms with Gasteiger partial charge < -0.3 is 10.8 Å². The van der Waals surface area contributed by atoms with Crippen LogP contribution in [0.3, 0.4) is 0 Å². The van der Waals surface area contributed by atoms with E-state index in [2.05, 4.69) is 0 Å². The number of nitrogens with two attached hydrogens (primary N) is 1. The topological polar surface area (TPSA) is 46.2 Å². The molecule has 0 unspecified atom stereocenters. The molecule has 0 aromatic rings. The first-order chi connectivity index (χ1) is 2.89. The summed E-state index contributed by atoms with van der Waals surface area (Å²) in [4.78, 5) is 0. The van der Waals surface area contributed by atoms with Crippen LogP contribution in [0.5, 0.6) is 0 Å². The minimum absolute atomic E-state index is 0. The van der Waals surface area contributed by atoms with Gasteiger partial charge in [-0.2, -0.15) is 0 Å². The molecule has 46 valence electrons. The molecule has 0 heterocycles. The van der Waals surface area contributed by atoms with E-state index < -0.39 is 0 Å². The summed E-state index contributed by atoms with van der Waals surface area (Å²) in [5, 5.41) is 7.00. The second kappa shape index (κ2) is 6.21. The molecule has 1 rings (SSSR count). The molecule has 0 aromatic carbocycles. The Kier molecular flexibility index (Phi) is 9.09. The lowest BCUT2D eigenvalue weighted by molar-refractivity contribution is 0.399. The summed E-state index contributed by atoms with van der Waals surface area (Å²) in [6, 6.07) is 0.583. The highest BCUT2D eigenvalue weighted by Crippen LogP contribution is 2.13. The van der Waals surface area contributed by atoms with Crippen molar-refractivity contribution in [3.05, 3.63) is 0 Å². The normalized spacial score (nSPS) is 15.9. The van der Waals surface area contributed by atoms with E-state index in [9.17, 15) is 0 Å². The average molecular weight is 126 g/mol. The summed E-state index contributed by atoms with van der Waals surface area (Å²) >= 11 is 0. The van der Waals surface area contributed by atoms with E-state index in [-0.39, 0.29) is 12.4 Å². The Morgan fingerprint density at radius 1 is 1.43 bits per heavy atom. The van der Waals surface area contributed by atoms with Gasteiger partial charge in [0.2, 0.25) is 0 Å². The summed E-state index contributed by atoms with van der Waals surface area (Å²) < 4.78 is 0. The van der Waals surface area contributed by atoms with Crippen LogP contribution in [0.25, 0.3) is 0 Å². The number of aliphatic hydroxyl groups excluding tert-OH is 1. The summed E-state index contributed by atoms with van der Waals surface area (Å²) in [6.45, 7) is 0. The van der Waals surface area contributed by atoms with Gasteiger partial charge >= 0.3 is 0 Å². The predicted molar refractivity (Wildman–Crippen MR) is 32.6 cm³/mol. The minimum atomic E-state index is 0. The highest BCUT2D eigenvalue weighted by molar-refractivity contribution is 5.85. The van der Waals surface area contributed by atoms with E-state index in [1.54, 1.807) is 0 Å². The molecule has 2 nitrogen and oxygen atoms in total. The van der Waals surface area contributed by atoms with Crippen molar-refractivity contribution in [1.82, 2.24) is 0 Å². The SMILES string of the molecule is CO.Cl.NC1CC1. The maximum atomic E-state index is 7.00. The molecule has 1 fully saturated rings. The fourth-order valence-corrected chi connectivity index (χ4v) is 0.0962. The van der Waals surface area contributed by atoms with Crippen molar-refractivity contribution in [1.29, 1.82) is 0 Å². The Morgan fingerprint density at radius 2 is 1.57 bits per heavy atom. The molecule has 0 atom stereocenters. The molecule has 0 saturated heterocycles. The third-order valence-corrected chi connectivity index (χ3v) is 0.622. The maximum Gasteiger partial charge on any atom is 0.0319 e. The van der Waals surface area contributed by atoms with Crippen LogP contribution in [-0.4, -0.2) is 18.3 Å². The van der Waals surface area contributed by atoms with Crippen molar-refractivity contribution >= 4 is 12.4 Å².